The Morgan fingerprint density at radius 3 is 2.42 bits per heavy atom. The van der Waals surface area contributed by atoms with Crippen molar-refractivity contribution in [3.8, 4) is 17.4 Å². The second-order valence-corrected chi connectivity index (χ2v) is 12.8. The van der Waals surface area contributed by atoms with Crippen LogP contribution in [0.3, 0.4) is 0 Å². The van der Waals surface area contributed by atoms with Crippen molar-refractivity contribution in [3.63, 3.8) is 0 Å². The van der Waals surface area contributed by atoms with E-state index in [1.807, 2.05) is 0 Å². The molecular formula is C18H21ClFNO4Si. The predicted octanol–water partition coefficient (Wildman–Crippen LogP) is 4.85. The number of aromatic nitrogens is 1. The number of carbonyl (C=O) groups excluding carboxylic acids is 1. The highest BCUT2D eigenvalue weighted by Gasteiger charge is 2.21. The minimum absolute atomic E-state index is 0.175. The first-order valence-corrected chi connectivity index (χ1v) is 12.1. The number of benzene rings is 1. The number of esters is 1. The van der Waals surface area contributed by atoms with Crippen LogP contribution in [0.2, 0.25) is 24.7 Å². The quantitative estimate of drug-likeness (QED) is 0.493. The summed E-state index contributed by atoms with van der Waals surface area (Å²) in [5.74, 6) is -0.387. The number of ether oxygens (including phenoxy) is 3. The molecule has 1 aromatic carbocycles. The van der Waals surface area contributed by atoms with E-state index in [1.165, 1.54) is 6.20 Å². The highest BCUT2D eigenvalue weighted by atomic mass is 35.5. The van der Waals surface area contributed by atoms with Gasteiger partial charge in [-0.3, -0.25) is 0 Å². The zero-order valence-corrected chi connectivity index (χ0v) is 16.8. The maximum atomic E-state index is 13.7. The van der Waals surface area contributed by atoms with Crippen LogP contribution in [-0.4, -0.2) is 31.4 Å². The zero-order chi connectivity index (χ0) is 19.3. The molecule has 1 heterocycles. The Morgan fingerprint density at radius 2 is 1.85 bits per heavy atom. The highest BCUT2D eigenvalue weighted by molar-refractivity contribution is 6.76. The van der Waals surface area contributed by atoms with Crippen molar-refractivity contribution in [1.29, 1.82) is 0 Å². The lowest BCUT2D eigenvalue weighted by atomic mass is 10.3. The topological polar surface area (TPSA) is 57.7 Å². The second kappa shape index (κ2) is 8.51. The van der Waals surface area contributed by atoms with E-state index in [0.29, 0.717) is 17.7 Å². The summed E-state index contributed by atoms with van der Waals surface area (Å²) in [6.45, 7) is 7.97. The smallest absolute Gasteiger partial charge is 0.346 e. The van der Waals surface area contributed by atoms with Crippen molar-refractivity contribution in [2.45, 2.75) is 32.7 Å². The summed E-state index contributed by atoms with van der Waals surface area (Å²) in [5, 5.41) is 0.189. The summed E-state index contributed by atoms with van der Waals surface area (Å²) >= 11 is 5.65. The van der Waals surface area contributed by atoms with Gasteiger partial charge in [0, 0.05) is 6.20 Å². The minimum atomic E-state index is -1.47. The fourth-order valence-electron chi connectivity index (χ4n) is 1.83. The Kier molecular flexibility index (Phi) is 6.61. The molecule has 0 N–H and O–H groups in total. The maximum absolute atomic E-state index is 13.7. The van der Waals surface area contributed by atoms with Gasteiger partial charge < -0.3 is 14.2 Å². The molecule has 0 amide bonds. The summed E-state index contributed by atoms with van der Waals surface area (Å²) in [4.78, 5) is 15.7. The Bertz CT molecular complexity index is 765. The van der Waals surface area contributed by atoms with Gasteiger partial charge in [0.2, 0.25) is 0 Å². The zero-order valence-electron chi connectivity index (χ0n) is 15.1. The lowest BCUT2D eigenvalue weighted by Gasteiger charge is -2.19. The number of halogens is 2. The van der Waals surface area contributed by atoms with Gasteiger partial charge in [-0.1, -0.05) is 31.2 Å². The normalized spacial score (nSPS) is 12.4. The number of hydrogen-bond donors (Lipinski definition) is 0. The standard InChI is InChI=1S/C18H21ClFNO4Si/c1-12(18(22)23-11-26(2,3)4)24-14-5-7-15(8-6-14)25-17-16(20)9-13(19)10-21-17/h5-10,12H,11H2,1-4H3/t12-/m1/s1. The molecule has 140 valence electrons. The van der Waals surface area contributed by atoms with Crippen LogP contribution in [0.4, 0.5) is 4.39 Å². The van der Waals surface area contributed by atoms with Crippen molar-refractivity contribution >= 4 is 25.6 Å². The minimum Gasteiger partial charge on any atom is -0.479 e. The van der Waals surface area contributed by atoms with Crippen LogP contribution in [0.1, 0.15) is 6.92 Å². The monoisotopic (exact) mass is 397 g/mol. The van der Waals surface area contributed by atoms with E-state index in [-0.39, 0.29) is 10.9 Å². The summed E-state index contributed by atoms with van der Waals surface area (Å²) in [6, 6.07) is 7.53. The van der Waals surface area contributed by atoms with E-state index in [0.717, 1.165) is 6.07 Å². The van der Waals surface area contributed by atoms with Crippen molar-refractivity contribution in [2.75, 3.05) is 6.23 Å². The Labute approximate surface area is 158 Å². The first-order valence-electron chi connectivity index (χ1n) is 8.06. The van der Waals surface area contributed by atoms with E-state index in [9.17, 15) is 9.18 Å². The van der Waals surface area contributed by atoms with Crippen LogP contribution in [0, 0.1) is 5.82 Å². The number of nitrogens with zero attached hydrogens (tertiary/aromatic N) is 1. The summed E-state index contributed by atoms with van der Waals surface area (Å²) in [6.07, 6.45) is 1.02. The van der Waals surface area contributed by atoms with Crippen molar-refractivity contribution in [3.05, 3.63) is 47.4 Å². The molecule has 2 rings (SSSR count). The van der Waals surface area contributed by atoms with Crippen molar-refractivity contribution < 1.29 is 23.4 Å². The van der Waals surface area contributed by atoms with Gasteiger partial charge in [-0.25, -0.2) is 14.2 Å². The molecule has 0 unspecified atom stereocenters. The van der Waals surface area contributed by atoms with Crippen molar-refractivity contribution in [1.82, 2.24) is 4.98 Å². The molecular weight excluding hydrogens is 377 g/mol. The van der Waals surface area contributed by atoms with Crippen LogP contribution in [0.25, 0.3) is 0 Å². The van der Waals surface area contributed by atoms with E-state index in [4.69, 9.17) is 25.8 Å². The molecule has 0 saturated heterocycles. The molecule has 0 aliphatic heterocycles. The molecule has 5 nitrogen and oxygen atoms in total. The average molecular weight is 398 g/mol. The Morgan fingerprint density at radius 1 is 1.23 bits per heavy atom. The third-order valence-electron chi connectivity index (χ3n) is 3.10. The van der Waals surface area contributed by atoms with Crippen LogP contribution in [0.15, 0.2) is 36.5 Å². The van der Waals surface area contributed by atoms with Gasteiger partial charge in [0.05, 0.1) is 19.3 Å². The molecule has 0 bridgehead atoms. The Hall–Kier alpha value is -2.12. The van der Waals surface area contributed by atoms with Gasteiger partial charge in [0.25, 0.3) is 5.88 Å². The average Bonchev–Trinajstić information content (AvgIpc) is 2.56. The molecule has 2 aromatic rings. The summed E-state index contributed by atoms with van der Waals surface area (Å²) in [7, 11) is -1.47. The highest BCUT2D eigenvalue weighted by Crippen LogP contribution is 2.26. The third kappa shape index (κ3) is 6.31. The lowest BCUT2D eigenvalue weighted by molar-refractivity contribution is -0.149. The van der Waals surface area contributed by atoms with Gasteiger partial charge in [-0.2, -0.15) is 0 Å². The number of hydrogen-bond acceptors (Lipinski definition) is 5. The first-order chi connectivity index (χ1) is 12.1. The molecule has 0 saturated carbocycles. The number of pyridine rings is 1. The van der Waals surface area contributed by atoms with E-state index >= 15 is 0 Å². The molecule has 0 spiro atoms. The molecule has 0 aliphatic rings. The predicted molar refractivity (Wildman–Crippen MR) is 100 cm³/mol. The van der Waals surface area contributed by atoms with Gasteiger partial charge in [-0.15, -0.1) is 0 Å². The fraction of sp³-hybridized carbons (Fsp3) is 0.333. The van der Waals surface area contributed by atoms with Gasteiger partial charge in [-0.05, 0) is 37.3 Å². The number of carbonyl (C=O) groups is 1. The van der Waals surface area contributed by atoms with Crippen LogP contribution in [-0.2, 0) is 9.53 Å². The summed E-state index contributed by atoms with van der Waals surface area (Å²) in [5.41, 5.74) is 0. The van der Waals surface area contributed by atoms with Gasteiger partial charge in [0.1, 0.15) is 11.5 Å². The molecule has 1 atom stereocenters. The Balaban J connectivity index is 1.93. The third-order valence-corrected chi connectivity index (χ3v) is 4.32. The molecule has 26 heavy (non-hydrogen) atoms. The lowest BCUT2D eigenvalue weighted by Crippen LogP contribution is -2.34. The van der Waals surface area contributed by atoms with Crippen LogP contribution in [0.5, 0.6) is 17.4 Å². The fourth-order valence-corrected chi connectivity index (χ4v) is 2.55. The van der Waals surface area contributed by atoms with Crippen LogP contribution < -0.4 is 9.47 Å². The largest absolute Gasteiger partial charge is 0.479 e. The van der Waals surface area contributed by atoms with Gasteiger partial charge >= 0.3 is 5.97 Å². The first kappa shape index (κ1) is 20.2. The molecule has 1 aromatic heterocycles. The maximum Gasteiger partial charge on any atom is 0.346 e. The molecule has 8 heteroatoms. The van der Waals surface area contributed by atoms with Crippen LogP contribution >= 0.6 is 11.6 Å². The summed E-state index contributed by atoms with van der Waals surface area (Å²) < 4.78 is 29.9. The number of rotatable bonds is 7. The SMILES string of the molecule is C[C@@H](Oc1ccc(Oc2ncc(Cl)cc2F)cc1)C(=O)OC[Si](C)(C)C. The second-order valence-electron chi connectivity index (χ2n) is 6.94. The molecule has 0 radical (unpaired) electrons. The van der Waals surface area contributed by atoms with Gasteiger partial charge in [0.15, 0.2) is 11.9 Å². The van der Waals surface area contributed by atoms with Crippen molar-refractivity contribution in [2.24, 2.45) is 0 Å². The van der Waals surface area contributed by atoms with E-state index < -0.39 is 26.0 Å². The molecule has 0 aliphatic carbocycles. The van der Waals surface area contributed by atoms with E-state index in [2.05, 4.69) is 24.6 Å². The molecule has 0 fully saturated rings. The van der Waals surface area contributed by atoms with E-state index in [1.54, 1.807) is 31.2 Å².